The van der Waals surface area contributed by atoms with E-state index in [1.807, 2.05) is 54.4 Å². The van der Waals surface area contributed by atoms with Crippen molar-refractivity contribution < 1.29 is 9.53 Å². The zero-order valence-electron chi connectivity index (χ0n) is 17.2. The van der Waals surface area contributed by atoms with Crippen LogP contribution in [-0.2, 0) is 17.6 Å². The maximum Gasteiger partial charge on any atom is 0.227 e. The smallest absolute Gasteiger partial charge is 0.227 e. The molecule has 0 saturated carbocycles. The first-order valence-corrected chi connectivity index (χ1v) is 10.5. The van der Waals surface area contributed by atoms with Gasteiger partial charge in [-0.15, -0.1) is 0 Å². The molecule has 6 heteroatoms. The fourth-order valence-corrected chi connectivity index (χ4v) is 4.10. The molecule has 3 aromatic rings. The highest BCUT2D eigenvalue weighted by Crippen LogP contribution is 2.28. The summed E-state index contributed by atoms with van der Waals surface area (Å²) >= 11 is 0. The molecule has 1 aromatic carbocycles. The van der Waals surface area contributed by atoms with E-state index in [2.05, 4.69) is 16.5 Å². The van der Waals surface area contributed by atoms with Crippen LogP contribution in [0.3, 0.4) is 0 Å². The lowest BCUT2D eigenvalue weighted by atomic mass is 10.1. The Morgan fingerprint density at radius 2 is 2.03 bits per heavy atom. The van der Waals surface area contributed by atoms with Crippen LogP contribution in [0.1, 0.15) is 44.1 Å². The fraction of sp³-hybridized carbons (Fsp3) is 0.435. The molecule has 1 atom stereocenters. The van der Waals surface area contributed by atoms with E-state index in [4.69, 9.17) is 9.72 Å². The number of pyridine rings is 1. The van der Waals surface area contributed by atoms with Crippen molar-refractivity contribution in [2.75, 3.05) is 19.7 Å². The van der Waals surface area contributed by atoms with Crippen molar-refractivity contribution in [3.05, 3.63) is 54.0 Å². The summed E-state index contributed by atoms with van der Waals surface area (Å²) in [6.07, 6.45) is 5.14. The van der Waals surface area contributed by atoms with Gasteiger partial charge in [0.25, 0.3) is 0 Å². The molecule has 3 heterocycles. The van der Waals surface area contributed by atoms with E-state index in [0.717, 1.165) is 54.1 Å². The molecule has 0 bridgehead atoms. The first kappa shape index (κ1) is 19.4. The van der Waals surface area contributed by atoms with Crippen molar-refractivity contribution >= 4 is 17.1 Å². The number of carbonyl (C=O) groups is 1. The first-order chi connectivity index (χ1) is 14.2. The number of carbonyl (C=O) groups excluding carboxylic acids is 1. The van der Waals surface area contributed by atoms with Gasteiger partial charge < -0.3 is 14.2 Å². The number of rotatable bonds is 7. The fourth-order valence-electron chi connectivity index (χ4n) is 4.10. The number of imidazole rings is 1. The lowest BCUT2D eigenvalue weighted by molar-refractivity contribution is -0.129. The molecule has 0 aliphatic carbocycles. The minimum Gasteiger partial charge on any atom is -0.494 e. The molecule has 1 unspecified atom stereocenters. The third kappa shape index (κ3) is 4.11. The molecule has 0 spiro atoms. The Morgan fingerprint density at radius 1 is 1.21 bits per heavy atom. The molecular formula is C23H28N4O2. The summed E-state index contributed by atoms with van der Waals surface area (Å²) < 4.78 is 7.74. The summed E-state index contributed by atoms with van der Waals surface area (Å²) in [5.41, 5.74) is 2.89. The minimum absolute atomic E-state index is 0.172. The van der Waals surface area contributed by atoms with Crippen molar-refractivity contribution in [3.63, 3.8) is 0 Å². The molecule has 29 heavy (non-hydrogen) atoms. The van der Waals surface area contributed by atoms with Crippen LogP contribution in [0.5, 0.6) is 5.75 Å². The van der Waals surface area contributed by atoms with Crippen LogP contribution < -0.4 is 4.74 Å². The number of amides is 1. The molecule has 1 aliphatic heterocycles. The van der Waals surface area contributed by atoms with Gasteiger partial charge in [0.15, 0.2) is 5.65 Å². The van der Waals surface area contributed by atoms with Crippen molar-refractivity contribution in [1.82, 2.24) is 19.4 Å². The first-order valence-electron chi connectivity index (χ1n) is 10.5. The van der Waals surface area contributed by atoms with Crippen LogP contribution in [0.2, 0.25) is 0 Å². The zero-order chi connectivity index (χ0) is 20.2. The van der Waals surface area contributed by atoms with E-state index < -0.39 is 0 Å². The summed E-state index contributed by atoms with van der Waals surface area (Å²) in [4.78, 5) is 24.2. The number of hydrogen-bond donors (Lipinski definition) is 0. The Balaban J connectivity index is 1.47. The molecule has 0 radical (unpaired) electrons. The second-order valence-corrected chi connectivity index (χ2v) is 7.53. The number of benzene rings is 1. The topological polar surface area (TPSA) is 60.2 Å². The van der Waals surface area contributed by atoms with Crippen molar-refractivity contribution in [2.24, 2.45) is 0 Å². The molecule has 2 aromatic heterocycles. The number of nitrogens with zero attached hydrogens (tertiary/aromatic N) is 4. The number of aryl methyl sites for hydroxylation is 1. The molecular weight excluding hydrogens is 364 g/mol. The van der Waals surface area contributed by atoms with Crippen molar-refractivity contribution in [2.45, 2.75) is 45.6 Å². The van der Waals surface area contributed by atoms with Gasteiger partial charge in [-0.25, -0.2) is 9.97 Å². The summed E-state index contributed by atoms with van der Waals surface area (Å²) in [6.45, 7) is 6.27. The predicted octanol–water partition coefficient (Wildman–Crippen LogP) is 3.80. The van der Waals surface area contributed by atoms with Gasteiger partial charge >= 0.3 is 0 Å². The Bertz CT molecular complexity index is 980. The maximum absolute atomic E-state index is 12.9. The molecule has 1 amide bonds. The van der Waals surface area contributed by atoms with E-state index in [9.17, 15) is 4.79 Å². The molecule has 1 aliphatic rings. The van der Waals surface area contributed by atoms with Gasteiger partial charge in [0, 0.05) is 25.7 Å². The third-order valence-corrected chi connectivity index (χ3v) is 5.47. The van der Waals surface area contributed by atoms with Crippen LogP contribution in [0.4, 0.5) is 0 Å². The third-order valence-electron chi connectivity index (χ3n) is 5.47. The summed E-state index contributed by atoms with van der Waals surface area (Å²) in [5, 5.41) is 0. The molecule has 152 valence electrons. The predicted molar refractivity (Wildman–Crippen MR) is 113 cm³/mol. The van der Waals surface area contributed by atoms with Gasteiger partial charge in [-0.1, -0.05) is 19.1 Å². The Labute approximate surface area is 171 Å². The zero-order valence-corrected chi connectivity index (χ0v) is 17.2. The Hall–Kier alpha value is -2.89. The molecule has 1 saturated heterocycles. The highest BCUT2D eigenvalue weighted by molar-refractivity contribution is 5.79. The second kappa shape index (κ2) is 8.64. The maximum atomic E-state index is 12.9. The molecule has 4 rings (SSSR count). The SMILES string of the molecule is CCCc1nc2cccnc2n1C1CCN(C(=O)Cc2ccc(OCC)cc2)C1. The Kier molecular flexibility index (Phi) is 5.79. The lowest BCUT2D eigenvalue weighted by Gasteiger charge is -2.19. The van der Waals surface area contributed by atoms with Crippen LogP contribution in [0.15, 0.2) is 42.6 Å². The highest BCUT2D eigenvalue weighted by atomic mass is 16.5. The van der Waals surface area contributed by atoms with E-state index in [0.29, 0.717) is 19.6 Å². The van der Waals surface area contributed by atoms with E-state index in [1.54, 1.807) is 0 Å². The number of fused-ring (bicyclic) bond motifs is 1. The Morgan fingerprint density at radius 3 is 2.79 bits per heavy atom. The van der Waals surface area contributed by atoms with Gasteiger partial charge in [0.05, 0.1) is 19.1 Å². The molecule has 1 fully saturated rings. The van der Waals surface area contributed by atoms with Crippen molar-refractivity contribution in [1.29, 1.82) is 0 Å². The van der Waals surface area contributed by atoms with Gasteiger partial charge in [-0.2, -0.15) is 0 Å². The summed E-state index contributed by atoms with van der Waals surface area (Å²) in [6, 6.07) is 12.0. The lowest BCUT2D eigenvalue weighted by Crippen LogP contribution is -2.30. The van der Waals surface area contributed by atoms with E-state index in [1.165, 1.54) is 0 Å². The van der Waals surface area contributed by atoms with Gasteiger partial charge in [-0.05, 0) is 49.6 Å². The largest absolute Gasteiger partial charge is 0.494 e. The summed E-state index contributed by atoms with van der Waals surface area (Å²) in [5.74, 6) is 2.09. The standard InChI is InChI=1S/C23H28N4O2/c1-3-6-21-25-20-7-5-13-24-23(20)27(21)18-12-14-26(16-18)22(28)15-17-8-10-19(11-9-17)29-4-2/h5,7-11,13,18H,3-4,6,12,14-16H2,1-2H3. The number of aromatic nitrogens is 3. The number of ether oxygens (including phenoxy) is 1. The number of hydrogen-bond acceptors (Lipinski definition) is 4. The van der Waals surface area contributed by atoms with E-state index >= 15 is 0 Å². The average molecular weight is 393 g/mol. The van der Waals surface area contributed by atoms with Gasteiger partial charge in [0.2, 0.25) is 5.91 Å². The van der Waals surface area contributed by atoms with Crippen molar-refractivity contribution in [3.8, 4) is 5.75 Å². The van der Waals surface area contributed by atoms with Crippen LogP contribution in [0.25, 0.3) is 11.2 Å². The quantitative estimate of drug-likeness (QED) is 0.614. The normalized spacial score (nSPS) is 16.5. The minimum atomic E-state index is 0.172. The molecule has 6 nitrogen and oxygen atoms in total. The highest BCUT2D eigenvalue weighted by Gasteiger charge is 2.30. The second-order valence-electron chi connectivity index (χ2n) is 7.53. The van der Waals surface area contributed by atoms with Crippen LogP contribution in [0, 0.1) is 0 Å². The van der Waals surface area contributed by atoms with E-state index in [-0.39, 0.29) is 11.9 Å². The monoisotopic (exact) mass is 392 g/mol. The van der Waals surface area contributed by atoms with Gasteiger partial charge in [-0.3, -0.25) is 4.79 Å². The van der Waals surface area contributed by atoms with Crippen LogP contribution in [-0.4, -0.2) is 45.0 Å². The van der Waals surface area contributed by atoms with Crippen LogP contribution >= 0.6 is 0 Å². The average Bonchev–Trinajstić information content (AvgIpc) is 3.34. The number of likely N-dealkylation sites (tertiary alicyclic amines) is 1. The van der Waals surface area contributed by atoms with Gasteiger partial charge in [0.1, 0.15) is 17.1 Å². The molecule has 0 N–H and O–H groups in total. The summed E-state index contributed by atoms with van der Waals surface area (Å²) in [7, 11) is 0.